The Morgan fingerprint density at radius 3 is 0.922 bits per heavy atom. The SMILES string of the molecule is CC(=O)[O-].CCC1=C(C)c2cc3[n-]c(cc4[n-]c(cc5nc(cc1n2)C(C)=C5CC)c(C)c4CCC(=O)NNC(=O)CNC(=O)C(C)N1CCN(CC(=O)[O-])CCN(CC(=O)[O-])CCN(CC(=O)[O-])CC1)c(CCC(=O)NNC(=O)CNC(=O)C(C)N1CCN(CC(=O)[O-])CCN(CC(=O)[O-])CCN(CC(=O)[O-])CC1)c3C.[Gd+3].[Gd+3].[Mn+3]. The smallest absolute Gasteiger partial charge is 0.657 e. The monoisotopic (exact) mass is 1930 g/mol. The first-order valence-corrected chi connectivity index (χ1v) is 37.0. The van der Waals surface area contributed by atoms with E-state index in [2.05, 4.69) is 39.3 Å². The van der Waals surface area contributed by atoms with Gasteiger partial charge in [-0.05, 0) is 103 Å². The number of allylic oxidation sites excluding steroid dienone is 4. The van der Waals surface area contributed by atoms with Gasteiger partial charge in [-0.15, -0.1) is 22.1 Å². The first-order valence-electron chi connectivity index (χ1n) is 37.0. The number of aryl methyl sites for hydroxylation is 4. The number of carboxylic acid groups (broad SMARTS) is 7. The molecule has 2 radical (unpaired) electrons. The molecular weight excluding hydrogens is 1830 g/mol. The number of rotatable bonds is 28. The largest absolute Gasteiger partial charge is 3.00 e. The van der Waals surface area contributed by atoms with Gasteiger partial charge >= 0.3 is 96.9 Å². The zero-order chi connectivity index (χ0) is 82.6. The van der Waals surface area contributed by atoms with Crippen LogP contribution in [0.1, 0.15) is 119 Å². The van der Waals surface area contributed by atoms with Crippen LogP contribution in [-0.2, 0) is 92.2 Å². The number of hydrogen-bond acceptors (Lipinski definition) is 30. The molecule has 7 rings (SSSR count). The van der Waals surface area contributed by atoms with Gasteiger partial charge in [0, 0.05) is 163 Å². The molecule has 628 valence electrons. The Labute approximate surface area is 740 Å². The molecule has 4 aliphatic rings. The molecule has 0 spiro atoms. The molecule has 0 aromatic carbocycles. The molecule has 7 heterocycles. The summed E-state index contributed by atoms with van der Waals surface area (Å²) in [5.74, 6) is -13.3. The summed E-state index contributed by atoms with van der Waals surface area (Å²) in [5, 5.41) is 83.9. The minimum atomic E-state index is -1.38. The second-order valence-corrected chi connectivity index (χ2v) is 27.7. The molecule has 0 aliphatic carbocycles. The summed E-state index contributed by atoms with van der Waals surface area (Å²) in [6, 6.07) is 5.66. The Morgan fingerprint density at radius 1 is 0.391 bits per heavy atom. The second-order valence-electron chi connectivity index (χ2n) is 27.7. The molecule has 2 fully saturated rings. The molecule has 8 bridgehead atoms. The van der Waals surface area contributed by atoms with Crippen LogP contribution in [0, 0.1) is 93.7 Å². The number of amides is 6. The van der Waals surface area contributed by atoms with Crippen molar-refractivity contribution in [2.24, 2.45) is 0 Å². The molecule has 3 aromatic heterocycles. The molecule has 38 nitrogen and oxygen atoms in total. The van der Waals surface area contributed by atoms with Crippen molar-refractivity contribution in [1.29, 1.82) is 0 Å². The number of fused-ring (bicyclic) bond motifs is 8. The summed E-state index contributed by atoms with van der Waals surface area (Å²) in [7, 11) is 0. The zero-order valence-corrected chi connectivity index (χ0v) is 71.5. The number of hydrazine groups is 2. The van der Waals surface area contributed by atoms with Crippen molar-refractivity contribution in [3.8, 4) is 0 Å². The van der Waals surface area contributed by atoms with E-state index in [1.807, 2.05) is 52.8 Å². The fourth-order valence-corrected chi connectivity index (χ4v) is 13.4. The van der Waals surface area contributed by atoms with E-state index in [4.69, 9.17) is 29.8 Å². The zero-order valence-electron chi connectivity index (χ0n) is 65.8. The minimum Gasteiger partial charge on any atom is -0.657 e. The molecule has 115 heavy (non-hydrogen) atoms. The summed E-state index contributed by atoms with van der Waals surface area (Å²) in [4.78, 5) is 193. The molecule has 6 amide bonds. The third-order valence-electron chi connectivity index (χ3n) is 19.8. The van der Waals surface area contributed by atoms with Gasteiger partial charge in [0.1, 0.15) is 0 Å². The van der Waals surface area contributed by atoms with Crippen molar-refractivity contribution in [1.82, 2.24) is 91.5 Å². The van der Waals surface area contributed by atoms with E-state index in [0.29, 0.717) is 63.0 Å². The van der Waals surface area contributed by atoms with E-state index in [1.54, 1.807) is 29.7 Å². The van der Waals surface area contributed by atoms with Crippen LogP contribution in [0.2, 0.25) is 0 Å². The number of carbonyl (C=O) groups excluding carboxylic acids is 13. The van der Waals surface area contributed by atoms with Crippen molar-refractivity contribution in [3.05, 3.63) is 69.3 Å². The Morgan fingerprint density at radius 2 is 0.643 bits per heavy atom. The van der Waals surface area contributed by atoms with Crippen LogP contribution in [0.25, 0.3) is 44.4 Å². The second kappa shape index (κ2) is 50.4. The van der Waals surface area contributed by atoms with Crippen molar-refractivity contribution in [3.63, 3.8) is 0 Å². The quantitative estimate of drug-likeness (QED) is 0.0290. The fraction of sp³-hybridized carbons (Fsp3) is 0.554. The average molecular weight is 1930 g/mol. The van der Waals surface area contributed by atoms with Crippen LogP contribution in [0.5, 0.6) is 0 Å². The van der Waals surface area contributed by atoms with Crippen LogP contribution in [-0.4, -0.2) is 296 Å². The standard InChI is InChI=1S/C72H104N18O18.C2H4O2.2Gd.Mn/c1-9-49-43(3)53-31-54-45(5)51(11-13-61(91)79-81-63(93)35-73-71(107)47(7)89-27-23-85(39-67(99)100)19-15-83(37-65(95)96)16-20-86(24-28-89)40-68(101)102)59(77-54)34-60-52(46(6)56(78-60)33-58-50(10-2)44(4)55(76-58)32-57(49)75-53)12-14-62(92)80-82-64(94)36-74-72(108)48(8)90-29-25-87(41-69(103)104)21-17-84(38-66(97)98)18-22-88(26-30-90)42-70(105)106;1-2(3)4;;;/h31-34,47-48H,9-30,35-42H2,1-8H3,(H14,73,74,75,76,77,78,79,80,81,82,91,92,93,94,95,96,97,98,99,100,101,102,103,104,105,106,107,108);1H3,(H,3,4);;;/q;;3*+3/p-9. The summed E-state index contributed by atoms with van der Waals surface area (Å²) in [6.45, 7) is 13.4. The fourth-order valence-electron chi connectivity index (χ4n) is 13.4. The Kier molecular flexibility index (Phi) is 44.6. The maximum absolute atomic E-state index is 13.7. The molecule has 3 aromatic rings. The van der Waals surface area contributed by atoms with Crippen LogP contribution in [0.4, 0.5) is 0 Å². The van der Waals surface area contributed by atoms with E-state index < -0.39 is 142 Å². The topological polar surface area (TPSA) is 535 Å². The number of hydrogen-bond donors (Lipinski definition) is 6. The third-order valence-corrected chi connectivity index (χ3v) is 19.8. The Hall–Kier alpha value is -7.44. The molecular formula is C74H99Gd2MnN18O20. The van der Waals surface area contributed by atoms with Gasteiger partial charge < -0.3 is 89.9 Å². The predicted molar refractivity (Wildman–Crippen MR) is 391 cm³/mol. The van der Waals surface area contributed by atoms with Crippen LogP contribution in [0.15, 0.2) is 24.3 Å². The molecule has 2 unspecified atom stereocenters. The number of carbonyl (C=O) groups is 13. The van der Waals surface area contributed by atoms with E-state index in [9.17, 15) is 88.2 Å². The molecule has 2 saturated heterocycles. The van der Waals surface area contributed by atoms with Crippen LogP contribution >= 0.6 is 0 Å². The van der Waals surface area contributed by atoms with Crippen molar-refractivity contribution in [2.75, 3.05) is 157 Å². The summed E-state index contributed by atoms with van der Waals surface area (Å²) in [6.07, 6.45) is 1.16. The Balaban J connectivity index is 0.00000477. The van der Waals surface area contributed by atoms with Gasteiger partial charge in [0.15, 0.2) is 0 Å². The van der Waals surface area contributed by atoms with Gasteiger partial charge in [0.2, 0.25) is 23.6 Å². The Bertz CT molecular complexity index is 4150. The van der Waals surface area contributed by atoms with E-state index in [1.165, 1.54) is 29.4 Å². The summed E-state index contributed by atoms with van der Waals surface area (Å²) < 4.78 is 0. The molecule has 2 atom stereocenters. The van der Waals surface area contributed by atoms with Crippen LogP contribution in [0.3, 0.4) is 0 Å². The van der Waals surface area contributed by atoms with Crippen molar-refractivity contribution < 1.29 is 195 Å². The van der Waals surface area contributed by atoms with Gasteiger partial charge in [0.05, 0.1) is 83.8 Å². The number of carboxylic acids is 7. The molecule has 41 heteroatoms. The number of nitrogens with zero attached hydrogens (tertiary/aromatic N) is 12. The van der Waals surface area contributed by atoms with Gasteiger partial charge in [-0.3, -0.25) is 89.7 Å². The summed E-state index contributed by atoms with van der Waals surface area (Å²) >= 11 is 0. The van der Waals surface area contributed by atoms with Crippen molar-refractivity contribution in [2.45, 2.75) is 113 Å². The molecule has 6 N–H and O–H groups in total. The summed E-state index contributed by atoms with van der Waals surface area (Å²) in [5.41, 5.74) is 21.1. The average Bonchev–Trinajstić information content (AvgIpc) is 1.62. The van der Waals surface area contributed by atoms with E-state index in [-0.39, 0.29) is 227 Å². The number of aromatic nitrogens is 4. The van der Waals surface area contributed by atoms with Gasteiger partial charge in [0.25, 0.3) is 11.8 Å². The molecule has 0 saturated carbocycles. The van der Waals surface area contributed by atoms with Gasteiger partial charge in [-0.1, -0.05) is 54.3 Å². The number of nitrogens with one attached hydrogen (secondary N) is 6. The van der Waals surface area contributed by atoms with E-state index in [0.717, 1.165) is 46.2 Å². The van der Waals surface area contributed by atoms with Crippen molar-refractivity contribution >= 4 is 122 Å². The normalized spacial score (nSPS) is 16.2. The predicted octanol–water partition coefficient (Wildman–Crippen LogP) is -10.3. The minimum absolute atomic E-state index is 0. The first kappa shape index (κ1) is 102. The van der Waals surface area contributed by atoms with E-state index >= 15 is 0 Å². The maximum Gasteiger partial charge on any atom is 3.00 e. The van der Waals surface area contributed by atoms with Gasteiger partial charge in [-0.2, -0.15) is 0 Å². The number of aliphatic carboxylic acids is 7. The molecule has 4 aliphatic heterocycles. The van der Waals surface area contributed by atoms with Crippen LogP contribution < -0.4 is 78.1 Å². The third kappa shape index (κ3) is 33.5. The van der Waals surface area contributed by atoms with Gasteiger partial charge in [-0.25, -0.2) is 9.97 Å². The maximum atomic E-state index is 13.7. The first-order chi connectivity index (χ1) is 53.0.